The predicted octanol–water partition coefficient (Wildman–Crippen LogP) is 0.799. The maximum absolute atomic E-state index is 4.39. The summed E-state index contributed by atoms with van der Waals surface area (Å²) in [5, 5.41) is 3.12. The maximum Gasteiger partial charge on any atom is 0.104 e. The Morgan fingerprint density at radius 3 is 2.82 bits per heavy atom. The van der Waals surface area contributed by atoms with E-state index >= 15 is 0 Å². The van der Waals surface area contributed by atoms with Gasteiger partial charge in [0, 0.05) is 14.1 Å². The zero-order chi connectivity index (χ0) is 8.43. The Hall–Kier alpha value is -0.990. The fraction of sp³-hybridized carbons (Fsp3) is 0.625. The molecule has 0 amide bonds. The molecule has 0 aromatic heterocycles. The lowest BCUT2D eigenvalue weighted by Crippen LogP contribution is -2.34. The zero-order valence-corrected chi connectivity index (χ0v) is 7.55. The Kier molecular flexibility index (Phi) is 2.17. The molecular weight excluding hydrogens is 138 g/mol. The van der Waals surface area contributed by atoms with Crippen LogP contribution in [0.25, 0.3) is 0 Å². The minimum atomic E-state index is 0.300. The van der Waals surface area contributed by atoms with Crippen molar-refractivity contribution in [1.29, 1.82) is 0 Å². The van der Waals surface area contributed by atoms with E-state index in [-0.39, 0.29) is 0 Å². The van der Waals surface area contributed by atoms with Crippen LogP contribution in [0.3, 0.4) is 0 Å². The van der Waals surface area contributed by atoms with E-state index in [1.807, 2.05) is 25.9 Å². The van der Waals surface area contributed by atoms with Crippen LogP contribution in [-0.2, 0) is 0 Å². The van der Waals surface area contributed by atoms with Crippen molar-refractivity contribution >= 4 is 5.84 Å². The molecule has 3 nitrogen and oxygen atoms in total. The zero-order valence-electron chi connectivity index (χ0n) is 7.55. The predicted molar refractivity (Wildman–Crippen MR) is 47.5 cm³/mol. The molecule has 0 saturated heterocycles. The van der Waals surface area contributed by atoms with Crippen LogP contribution in [0.1, 0.15) is 13.8 Å². The van der Waals surface area contributed by atoms with Crippen LogP contribution in [-0.4, -0.2) is 30.9 Å². The van der Waals surface area contributed by atoms with Crippen molar-refractivity contribution < 1.29 is 0 Å². The summed E-state index contributed by atoms with van der Waals surface area (Å²) in [7, 11) is 3.93. The second kappa shape index (κ2) is 2.95. The van der Waals surface area contributed by atoms with Gasteiger partial charge < -0.3 is 10.2 Å². The summed E-state index contributed by atoms with van der Waals surface area (Å²) in [6, 6.07) is 0.300. The molecule has 0 fully saturated rings. The average molecular weight is 153 g/mol. The summed E-state index contributed by atoms with van der Waals surface area (Å²) in [5.74, 6) is 2.19. The minimum Gasteiger partial charge on any atom is -0.375 e. The Bertz CT molecular complexity index is 205. The minimum absolute atomic E-state index is 0.300. The van der Waals surface area contributed by atoms with Gasteiger partial charge in [-0.3, -0.25) is 4.99 Å². The van der Waals surface area contributed by atoms with Gasteiger partial charge in [-0.2, -0.15) is 0 Å². The topological polar surface area (TPSA) is 27.6 Å². The molecular formula is C8H15N3. The van der Waals surface area contributed by atoms with Gasteiger partial charge in [0.2, 0.25) is 0 Å². The summed E-state index contributed by atoms with van der Waals surface area (Å²) in [4.78, 5) is 6.43. The second-order valence-electron chi connectivity index (χ2n) is 2.78. The van der Waals surface area contributed by atoms with Crippen LogP contribution in [0.15, 0.2) is 16.9 Å². The normalized spacial score (nSPS) is 24.4. The van der Waals surface area contributed by atoms with Gasteiger partial charge in [0.05, 0.1) is 6.04 Å². The number of hydrogen-bond acceptors (Lipinski definition) is 3. The molecule has 1 atom stereocenters. The van der Waals surface area contributed by atoms with Crippen LogP contribution >= 0.6 is 0 Å². The number of amidine groups is 1. The van der Waals surface area contributed by atoms with Gasteiger partial charge in [-0.05, 0) is 19.9 Å². The van der Waals surface area contributed by atoms with Gasteiger partial charge >= 0.3 is 0 Å². The highest BCUT2D eigenvalue weighted by Crippen LogP contribution is 2.09. The summed E-state index contributed by atoms with van der Waals surface area (Å²) in [6.07, 6.45) is 2.10. The van der Waals surface area contributed by atoms with Crippen molar-refractivity contribution in [2.75, 3.05) is 14.1 Å². The Labute approximate surface area is 67.8 Å². The molecule has 1 N–H and O–H groups in total. The van der Waals surface area contributed by atoms with Gasteiger partial charge in [-0.25, -0.2) is 0 Å². The summed E-state index contributed by atoms with van der Waals surface area (Å²) < 4.78 is 0. The van der Waals surface area contributed by atoms with Crippen LogP contribution in [0.4, 0.5) is 0 Å². The van der Waals surface area contributed by atoms with E-state index in [1.165, 1.54) is 0 Å². The lowest BCUT2D eigenvalue weighted by atomic mass is 10.2. The fourth-order valence-corrected chi connectivity index (χ4v) is 1.18. The van der Waals surface area contributed by atoms with Crippen molar-refractivity contribution in [1.82, 2.24) is 10.2 Å². The quantitative estimate of drug-likeness (QED) is 0.603. The molecule has 0 aliphatic carbocycles. The molecule has 0 radical (unpaired) electrons. The largest absolute Gasteiger partial charge is 0.375 e. The highest BCUT2D eigenvalue weighted by Gasteiger charge is 2.12. The molecule has 0 bridgehead atoms. The van der Waals surface area contributed by atoms with Crippen molar-refractivity contribution in [2.45, 2.75) is 19.9 Å². The highest BCUT2D eigenvalue weighted by atomic mass is 15.3. The molecule has 0 spiro atoms. The van der Waals surface area contributed by atoms with Gasteiger partial charge in [0.25, 0.3) is 0 Å². The van der Waals surface area contributed by atoms with Crippen molar-refractivity contribution in [3.05, 3.63) is 11.9 Å². The van der Waals surface area contributed by atoms with E-state index in [4.69, 9.17) is 0 Å². The highest BCUT2D eigenvalue weighted by molar-refractivity contribution is 5.82. The van der Waals surface area contributed by atoms with E-state index < -0.39 is 0 Å². The molecule has 62 valence electrons. The number of nitrogens with zero attached hydrogens (tertiary/aromatic N) is 2. The van der Waals surface area contributed by atoms with Crippen molar-refractivity contribution in [3.8, 4) is 0 Å². The van der Waals surface area contributed by atoms with Gasteiger partial charge in [-0.15, -0.1) is 0 Å². The second-order valence-corrected chi connectivity index (χ2v) is 2.78. The fourth-order valence-electron chi connectivity index (χ4n) is 1.18. The monoisotopic (exact) mass is 153 g/mol. The molecule has 1 rings (SSSR count). The Morgan fingerprint density at radius 1 is 1.64 bits per heavy atom. The van der Waals surface area contributed by atoms with Crippen LogP contribution in [0, 0.1) is 0 Å². The molecule has 1 aliphatic rings. The third kappa shape index (κ3) is 1.53. The van der Waals surface area contributed by atoms with E-state index in [0.717, 1.165) is 11.7 Å². The first-order valence-corrected chi connectivity index (χ1v) is 3.83. The van der Waals surface area contributed by atoms with E-state index in [2.05, 4.69) is 23.3 Å². The first-order valence-electron chi connectivity index (χ1n) is 3.83. The first-order chi connectivity index (χ1) is 5.15. The van der Waals surface area contributed by atoms with Crippen LogP contribution in [0.2, 0.25) is 0 Å². The van der Waals surface area contributed by atoms with Crippen molar-refractivity contribution in [3.63, 3.8) is 0 Å². The Balaban J connectivity index is 2.81. The molecule has 0 aromatic carbocycles. The third-order valence-electron chi connectivity index (χ3n) is 1.89. The van der Waals surface area contributed by atoms with Crippen LogP contribution < -0.4 is 5.32 Å². The number of nitrogens with one attached hydrogen (secondary N) is 1. The van der Waals surface area contributed by atoms with E-state index in [1.54, 1.807) is 0 Å². The molecule has 1 aliphatic heterocycles. The first kappa shape index (κ1) is 8.11. The summed E-state index contributed by atoms with van der Waals surface area (Å²) >= 11 is 0. The Morgan fingerprint density at radius 2 is 2.27 bits per heavy atom. The third-order valence-corrected chi connectivity index (χ3v) is 1.89. The standard InChI is InChI=1S/C8H15N3/c1-6-5-8(9-3)11(4)7(2)10-6/h5-6,9H,1-4H3/t6-/m1/s1. The molecule has 0 saturated carbocycles. The van der Waals surface area contributed by atoms with Crippen molar-refractivity contribution in [2.24, 2.45) is 4.99 Å². The average Bonchev–Trinajstić information content (AvgIpc) is 1.96. The maximum atomic E-state index is 4.39. The lowest BCUT2D eigenvalue weighted by Gasteiger charge is -2.27. The van der Waals surface area contributed by atoms with E-state index in [9.17, 15) is 0 Å². The number of aliphatic imine (C=N–C) groups is 1. The number of rotatable bonds is 1. The van der Waals surface area contributed by atoms with Gasteiger partial charge in [0.15, 0.2) is 0 Å². The van der Waals surface area contributed by atoms with E-state index in [0.29, 0.717) is 6.04 Å². The van der Waals surface area contributed by atoms with Crippen LogP contribution in [0.5, 0.6) is 0 Å². The molecule has 3 heteroatoms. The SMILES string of the molecule is CNC1=C[C@@H](C)N=C(C)N1C. The number of hydrogen-bond donors (Lipinski definition) is 1. The molecule has 1 heterocycles. The van der Waals surface area contributed by atoms with Gasteiger partial charge in [0.1, 0.15) is 11.7 Å². The molecule has 0 unspecified atom stereocenters. The summed E-state index contributed by atoms with van der Waals surface area (Å²) in [6.45, 7) is 4.09. The molecule has 0 aromatic rings. The molecule has 11 heavy (non-hydrogen) atoms. The smallest absolute Gasteiger partial charge is 0.104 e. The lowest BCUT2D eigenvalue weighted by molar-refractivity contribution is 0.541. The summed E-state index contributed by atoms with van der Waals surface area (Å²) in [5.41, 5.74) is 0. The van der Waals surface area contributed by atoms with Gasteiger partial charge in [-0.1, -0.05) is 0 Å².